The molecule has 0 aromatic heterocycles. The van der Waals surface area contributed by atoms with Crippen LogP contribution in [0.25, 0.3) is 0 Å². The van der Waals surface area contributed by atoms with Crippen LogP contribution < -0.4 is 14.9 Å². The minimum Gasteiger partial charge on any atom is -0.490 e. The molecule has 1 aliphatic rings. The van der Waals surface area contributed by atoms with Gasteiger partial charge in [0.15, 0.2) is 11.5 Å². The van der Waals surface area contributed by atoms with Gasteiger partial charge in [0.05, 0.1) is 29.5 Å². The van der Waals surface area contributed by atoms with E-state index in [1.165, 1.54) is 12.1 Å². The lowest BCUT2D eigenvalue weighted by Crippen LogP contribution is -2.01. The molecule has 0 saturated carbocycles. The summed E-state index contributed by atoms with van der Waals surface area (Å²) in [7, 11) is 0. The molecule has 124 valence electrons. The number of nitrogens with one attached hydrogen (secondary N) is 1. The average molecular weight is 327 g/mol. The van der Waals surface area contributed by atoms with Gasteiger partial charge in [-0.1, -0.05) is 6.07 Å². The van der Waals surface area contributed by atoms with Crippen LogP contribution in [0, 0.1) is 10.1 Å². The number of non-ortho nitro benzene ring substituents is 1. The van der Waals surface area contributed by atoms with Gasteiger partial charge in [0.1, 0.15) is 0 Å². The molecule has 1 heterocycles. The molecule has 0 aliphatic carbocycles. The number of nitrogens with zero attached hydrogens (tertiary/aromatic N) is 2. The number of fused-ring (bicyclic) bond motifs is 1. The predicted molar refractivity (Wildman–Crippen MR) is 91.0 cm³/mol. The van der Waals surface area contributed by atoms with E-state index < -0.39 is 4.92 Å². The number of anilines is 1. The number of hydrazone groups is 1. The first kappa shape index (κ1) is 15.8. The van der Waals surface area contributed by atoms with Crippen LogP contribution in [0.1, 0.15) is 18.9 Å². The quantitative estimate of drug-likeness (QED) is 0.527. The average Bonchev–Trinajstić information content (AvgIpc) is 2.84. The highest BCUT2D eigenvalue weighted by Crippen LogP contribution is 2.30. The number of nitro benzene ring substituents is 1. The van der Waals surface area contributed by atoms with Gasteiger partial charge in [0, 0.05) is 24.1 Å². The molecule has 24 heavy (non-hydrogen) atoms. The maximum absolute atomic E-state index is 10.8. The summed E-state index contributed by atoms with van der Waals surface area (Å²) in [5, 5.41) is 15.1. The topological polar surface area (TPSA) is 86.0 Å². The molecule has 0 saturated heterocycles. The molecular formula is C17H17N3O4. The molecule has 7 heteroatoms. The van der Waals surface area contributed by atoms with E-state index in [9.17, 15) is 10.1 Å². The Hall–Kier alpha value is -3.09. The first-order valence-electron chi connectivity index (χ1n) is 7.58. The van der Waals surface area contributed by atoms with Crippen molar-refractivity contribution in [2.45, 2.75) is 13.3 Å². The highest BCUT2D eigenvalue weighted by Gasteiger charge is 2.12. The van der Waals surface area contributed by atoms with E-state index in [-0.39, 0.29) is 5.69 Å². The normalized spacial score (nSPS) is 14.0. The number of rotatable bonds is 4. The third-order valence-corrected chi connectivity index (χ3v) is 3.57. The second-order valence-electron chi connectivity index (χ2n) is 5.33. The fourth-order valence-electron chi connectivity index (χ4n) is 2.29. The minimum absolute atomic E-state index is 0.0171. The first-order chi connectivity index (χ1) is 11.6. The maximum Gasteiger partial charge on any atom is 0.271 e. The molecule has 0 unspecified atom stereocenters. The maximum atomic E-state index is 10.8. The number of ether oxygens (including phenoxy) is 2. The second kappa shape index (κ2) is 6.99. The van der Waals surface area contributed by atoms with Crippen molar-refractivity contribution in [1.82, 2.24) is 0 Å². The van der Waals surface area contributed by atoms with E-state index in [2.05, 4.69) is 10.5 Å². The van der Waals surface area contributed by atoms with E-state index in [0.29, 0.717) is 24.7 Å². The summed E-state index contributed by atoms with van der Waals surface area (Å²) in [5.74, 6) is 1.44. The van der Waals surface area contributed by atoms with Crippen LogP contribution in [0.15, 0.2) is 47.6 Å². The van der Waals surface area contributed by atoms with E-state index in [1.807, 2.05) is 25.1 Å². The standard InChI is InChI=1S/C17H17N3O4/c1-12(18-19-14-4-2-5-15(11-14)20(21)22)13-6-7-16-17(10-13)24-9-3-8-23-16/h2,4-7,10-11,19H,3,8-9H2,1H3/b18-12-. The Kier molecular flexibility index (Phi) is 4.60. The molecule has 3 rings (SSSR count). The van der Waals surface area contributed by atoms with Crippen molar-refractivity contribution < 1.29 is 14.4 Å². The largest absolute Gasteiger partial charge is 0.490 e. The molecule has 0 radical (unpaired) electrons. The summed E-state index contributed by atoms with van der Waals surface area (Å²) in [6.07, 6.45) is 0.853. The van der Waals surface area contributed by atoms with Gasteiger partial charge in [0.25, 0.3) is 5.69 Å². The van der Waals surface area contributed by atoms with E-state index >= 15 is 0 Å². The zero-order chi connectivity index (χ0) is 16.9. The monoisotopic (exact) mass is 327 g/mol. The summed E-state index contributed by atoms with van der Waals surface area (Å²) in [5.41, 5.74) is 5.03. The van der Waals surface area contributed by atoms with Crippen molar-refractivity contribution in [1.29, 1.82) is 0 Å². The SMILES string of the molecule is C/C(=N/Nc1cccc([N+](=O)[O-])c1)c1ccc2c(c1)OCCCO2. The molecule has 1 N–H and O–H groups in total. The van der Waals surface area contributed by atoms with Crippen LogP contribution in [-0.4, -0.2) is 23.8 Å². The van der Waals surface area contributed by atoms with Crippen LogP contribution in [0.4, 0.5) is 11.4 Å². The van der Waals surface area contributed by atoms with Gasteiger partial charge in [-0.05, 0) is 31.2 Å². The van der Waals surface area contributed by atoms with Gasteiger partial charge in [-0.25, -0.2) is 0 Å². The minimum atomic E-state index is -0.439. The number of benzene rings is 2. The van der Waals surface area contributed by atoms with E-state index in [1.54, 1.807) is 12.1 Å². The molecule has 2 aromatic carbocycles. The lowest BCUT2D eigenvalue weighted by molar-refractivity contribution is -0.384. The van der Waals surface area contributed by atoms with Crippen LogP contribution in [0.5, 0.6) is 11.5 Å². The Morgan fingerprint density at radius 2 is 1.96 bits per heavy atom. The van der Waals surface area contributed by atoms with Crippen LogP contribution in [-0.2, 0) is 0 Å². The van der Waals surface area contributed by atoms with Crippen molar-refractivity contribution in [3.8, 4) is 11.5 Å². The van der Waals surface area contributed by atoms with Crippen molar-refractivity contribution in [2.24, 2.45) is 5.10 Å². The lowest BCUT2D eigenvalue weighted by Gasteiger charge is -2.09. The summed E-state index contributed by atoms with van der Waals surface area (Å²) in [4.78, 5) is 10.4. The fourth-order valence-corrected chi connectivity index (χ4v) is 2.29. The fraction of sp³-hybridized carbons (Fsp3) is 0.235. The highest BCUT2D eigenvalue weighted by atomic mass is 16.6. The van der Waals surface area contributed by atoms with E-state index in [4.69, 9.17) is 9.47 Å². The van der Waals surface area contributed by atoms with Gasteiger partial charge in [0.2, 0.25) is 0 Å². The Morgan fingerprint density at radius 3 is 2.75 bits per heavy atom. The summed E-state index contributed by atoms with van der Waals surface area (Å²) < 4.78 is 11.3. The molecule has 0 fully saturated rings. The Balaban J connectivity index is 1.77. The zero-order valence-electron chi connectivity index (χ0n) is 13.2. The molecule has 0 bridgehead atoms. The van der Waals surface area contributed by atoms with E-state index in [0.717, 1.165) is 23.4 Å². The Labute approximate surface area is 139 Å². The van der Waals surface area contributed by atoms with Crippen LogP contribution in [0.2, 0.25) is 0 Å². The first-order valence-corrected chi connectivity index (χ1v) is 7.58. The zero-order valence-corrected chi connectivity index (χ0v) is 13.2. The van der Waals surface area contributed by atoms with Gasteiger partial charge >= 0.3 is 0 Å². The van der Waals surface area contributed by atoms with Gasteiger partial charge < -0.3 is 9.47 Å². The smallest absolute Gasteiger partial charge is 0.271 e. The molecule has 0 spiro atoms. The van der Waals surface area contributed by atoms with Crippen LogP contribution in [0.3, 0.4) is 0 Å². The molecule has 7 nitrogen and oxygen atoms in total. The molecule has 0 atom stereocenters. The summed E-state index contributed by atoms with van der Waals surface area (Å²) >= 11 is 0. The summed E-state index contributed by atoms with van der Waals surface area (Å²) in [6.45, 7) is 3.12. The third-order valence-electron chi connectivity index (χ3n) is 3.57. The molecule has 2 aromatic rings. The molecular weight excluding hydrogens is 310 g/mol. The van der Waals surface area contributed by atoms with Gasteiger partial charge in [-0.2, -0.15) is 5.10 Å². The summed E-state index contributed by atoms with van der Waals surface area (Å²) in [6, 6.07) is 11.9. The van der Waals surface area contributed by atoms with Crippen molar-refractivity contribution in [3.63, 3.8) is 0 Å². The van der Waals surface area contributed by atoms with Crippen molar-refractivity contribution in [2.75, 3.05) is 18.6 Å². The molecule has 1 aliphatic heterocycles. The number of hydrogen-bond acceptors (Lipinski definition) is 6. The highest BCUT2D eigenvalue weighted by molar-refractivity contribution is 5.99. The molecule has 0 amide bonds. The van der Waals surface area contributed by atoms with Gasteiger partial charge in [-0.15, -0.1) is 0 Å². The van der Waals surface area contributed by atoms with Crippen molar-refractivity contribution >= 4 is 17.1 Å². The van der Waals surface area contributed by atoms with Crippen LogP contribution >= 0.6 is 0 Å². The second-order valence-corrected chi connectivity index (χ2v) is 5.33. The van der Waals surface area contributed by atoms with Crippen molar-refractivity contribution in [3.05, 3.63) is 58.1 Å². The Morgan fingerprint density at radius 1 is 1.17 bits per heavy atom. The predicted octanol–water partition coefficient (Wildman–Crippen LogP) is 3.59. The third kappa shape index (κ3) is 3.62. The number of hydrogen-bond donors (Lipinski definition) is 1. The number of nitro groups is 1. The lowest BCUT2D eigenvalue weighted by atomic mass is 10.1. The van der Waals surface area contributed by atoms with Gasteiger partial charge in [-0.3, -0.25) is 15.5 Å². The Bertz CT molecular complexity index is 789.